The van der Waals surface area contributed by atoms with Gasteiger partial charge in [-0.15, -0.1) is 12.4 Å². The first-order valence-corrected chi connectivity index (χ1v) is 8.89. The third kappa shape index (κ3) is 4.75. The van der Waals surface area contributed by atoms with E-state index in [4.69, 9.17) is 11.6 Å². The molecule has 1 heterocycles. The molecule has 1 saturated heterocycles. The highest BCUT2D eigenvalue weighted by Crippen LogP contribution is 2.36. The molecule has 0 atom stereocenters. The van der Waals surface area contributed by atoms with E-state index < -0.39 is 0 Å². The van der Waals surface area contributed by atoms with Crippen molar-refractivity contribution >= 4 is 30.1 Å². The molecule has 0 aromatic heterocycles. The second-order valence-electron chi connectivity index (χ2n) is 6.53. The van der Waals surface area contributed by atoms with E-state index in [2.05, 4.69) is 35.3 Å². The van der Waals surface area contributed by atoms with Gasteiger partial charge < -0.3 is 0 Å². The van der Waals surface area contributed by atoms with Gasteiger partial charge in [0.1, 0.15) is 0 Å². The lowest BCUT2D eigenvalue weighted by atomic mass is 9.84. The fourth-order valence-electron chi connectivity index (χ4n) is 3.69. The van der Waals surface area contributed by atoms with Crippen LogP contribution in [-0.2, 0) is 0 Å². The summed E-state index contributed by atoms with van der Waals surface area (Å²) in [5, 5.41) is 0.963. The molecule has 0 N–H and O–H groups in total. The SMILES string of the molecule is Cl.Clc1cc(/C=C/CN2CCCC2)ccc1C1CCCCC1. The average molecular weight is 340 g/mol. The van der Waals surface area contributed by atoms with Crippen LogP contribution < -0.4 is 0 Å². The van der Waals surface area contributed by atoms with Crippen LogP contribution in [0.2, 0.25) is 5.02 Å². The predicted octanol–water partition coefficient (Wildman–Crippen LogP) is 5.92. The van der Waals surface area contributed by atoms with Crippen LogP contribution in [0.1, 0.15) is 62.0 Å². The molecule has 1 aliphatic carbocycles. The van der Waals surface area contributed by atoms with Crippen molar-refractivity contribution in [2.75, 3.05) is 19.6 Å². The Kier molecular flexibility index (Phi) is 7.27. The Morgan fingerprint density at radius 1 is 1.05 bits per heavy atom. The lowest BCUT2D eigenvalue weighted by molar-refractivity contribution is 0.378. The highest BCUT2D eigenvalue weighted by Gasteiger charge is 2.17. The summed E-state index contributed by atoms with van der Waals surface area (Å²) in [7, 11) is 0. The second kappa shape index (κ2) is 8.96. The van der Waals surface area contributed by atoms with Crippen molar-refractivity contribution in [3.8, 4) is 0 Å². The molecule has 1 aromatic carbocycles. The Balaban J connectivity index is 0.00000176. The Morgan fingerprint density at radius 3 is 2.45 bits per heavy atom. The molecule has 1 saturated carbocycles. The van der Waals surface area contributed by atoms with Crippen LogP contribution in [0, 0.1) is 0 Å². The summed E-state index contributed by atoms with van der Waals surface area (Å²) >= 11 is 6.52. The summed E-state index contributed by atoms with van der Waals surface area (Å²) in [4.78, 5) is 2.51. The first kappa shape index (κ1) is 17.8. The van der Waals surface area contributed by atoms with Crippen LogP contribution in [0.25, 0.3) is 6.08 Å². The molecular weight excluding hydrogens is 313 g/mol. The molecule has 0 bridgehead atoms. The summed E-state index contributed by atoms with van der Waals surface area (Å²) in [5.41, 5.74) is 2.60. The second-order valence-corrected chi connectivity index (χ2v) is 6.93. The van der Waals surface area contributed by atoms with Crippen LogP contribution in [0.5, 0.6) is 0 Å². The number of benzene rings is 1. The Labute approximate surface area is 146 Å². The molecule has 2 aliphatic rings. The van der Waals surface area contributed by atoms with Crippen molar-refractivity contribution in [3.63, 3.8) is 0 Å². The third-order valence-electron chi connectivity index (χ3n) is 4.94. The quantitative estimate of drug-likeness (QED) is 0.658. The minimum absolute atomic E-state index is 0. The number of nitrogens with zero attached hydrogens (tertiary/aromatic N) is 1. The van der Waals surface area contributed by atoms with Crippen LogP contribution in [-0.4, -0.2) is 24.5 Å². The zero-order chi connectivity index (χ0) is 14.5. The largest absolute Gasteiger partial charge is 0.300 e. The lowest BCUT2D eigenvalue weighted by Crippen LogP contribution is -2.18. The van der Waals surface area contributed by atoms with Crippen molar-refractivity contribution in [1.82, 2.24) is 4.90 Å². The van der Waals surface area contributed by atoms with E-state index in [0.717, 1.165) is 11.6 Å². The fraction of sp³-hybridized carbons (Fsp3) is 0.579. The molecule has 0 amide bonds. The van der Waals surface area contributed by atoms with Gasteiger partial charge in [-0.3, -0.25) is 4.90 Å². The van der Waals surface area contributed by atoms with Crippen molar-refractivity contribution in [3.05, 3.63) is 40.4 Å². The molecule has 1 nitrogen and oxygen atoms in total. The molecule has 122 valence electrons. The van der Waals surface area contributed by atoms with E-state index in [-0.39, 0.29) is 12.4 Å². The smallest absolute Gasteiger partial charge is 0.0446 e. The van der Waals surface area contributed by atoms with Crippen LogP contribution in [0.15, 0.2) is 24.3 Å². The van der Waals surface area contributed by atoms with E-state index in [1.807, 2.05) is 0 Å². The number of hydrogen-bond donors (Lipinski definition) is 0. The minimum atomic E-state index is 0. The molecule has 0 radical (unpaired) electrons. The van der Waals surface area contributed by atoms with E-state index in [9.17, 15) is 0 Å². The van der Waals surface area contributed by atoms with Gasteiger partial charge in [-0.1, -0.05) is 55.1 Å². The van der Waals surface area contributed by atoms with Gasteiger partial charge in [0, 0.05) is 11.6 Å². The zero-order valence-corrected chi connectivity index (χ0v) is 14.8. The summed E-state index contributed by atoms with van der Waals surface area (Å²) in [5.74, 6) is 0.689. The van der Waals surface area contributed by atoms with Crippen molar-refractivity contribution in [2.24, 2.45) is 0 Å². The summed E-state index contributed by atoms with van der Waals surface area (Å²) < 4.78 is 0. The maximum Gasteiger partial charge on any atom is 0.0446 e. The Bertz CT molecular complexity index is 486. The van der Waals surface area contributed by atoms with Crippen LogP contribution >= 0.6 is 24.0 Å². The topological polar surface area (TPSA) is 3.24 Å². The Hall–Kier alpha value is -0.500. The van der Waals surface area contributed by atoms with Gasteiger partial charge in [-0.2, -0.15) is 0 Å². The van der Waals surface area contributed by atoms with Gasteiger partial charge in [0.15, 0.2) is 0 Å². The van der Waals surface area contributed by atoms with Crippen LogP contribution in [0.3, 0.4) is 0 Å². The van der Waals surface area contributed by atoms with Gasteiger partial charge in [-0.25, -0.2) is 0 Å². The molecule has 0 unspecified atom stereocenters. The third-order valence-corrected chi connectivity index (χ3v) is 5.27. The molecule has 1 aliphatic heterocycles. The minimum Gasteiger partial charge on any atom is -0.300 e. The van der Waals surface area contributed by atoms with E-state index in [1.54, 1.807) is 0 Å². The molecular formula is C19H27Cl2N. The van der Waals surface area contributed by atoms with Crippen molar-refractivity contribution in [1.29, 1.82) is 0 Å². The van der Waals surface area contributed by atoms with E-state index >= 15 is 0 Å². The standard InChI is InChI=1S/C19H26ClN.ClH/c20-19-15-16(7-6-14-21-12-4-5-13-21)10-11-18(19)17-8-2-1-3-9-17;/h6-7,10-11,15,17H,1-5,8-9,12-14H2;1H/b7-6+;. The molecule has 0 spiro atoms. The van der Waals surface area contributed by atoms with Gasteiger partial charge in [0.25, 0.3) is 0 Å². The number of halogens is 2. The van der Waals surface area contributed by atoms with E-state index in [0.29, 0.717) is 5.92 Å². The molecule has 22 heavy (non-hydrogen) atoms. The summed E-state index contributed by atoms with van der Waals surface area (Å²) in [6, 6.07) is 6.64. The highest BCUT2D eigenvalue weighted by molar-refractivity contribution is 6.31. The predicted molar refractivity (Wildman–Crippen MR) is 99.2 cm³/mol. The van der Waals surface area contributed by atoms with Gasteiger partial charge >= 0.3 is 0 Å². The summed E-state index contributed by atoms with van der Waals surface area (Å²) in [6.45, 7) is 3.58. The lowest BCUT2D eigenvalue weighted by Gasteiger charge is -2.23. The monoisotopic (exact) mass is 339 g/mol. The van der Waals surface area contributed by atoms with E-state index in [1.165, 1.54) is 69.2 Å². The molecule has 3 heteroatoms. The molecule has 1 aromatic rings. The maximum absolute atomic E-state index is 6.52. The van der Waals surface area contributed by atoms with Crippen LogP contribution in [0.4, 0.5) is 0 Å². The van der Waals surface area contributed by atoms with Gasteiger partial charge in [0.05, 0.1) is 0 Å². The fourth-order valence-corrected chi connectivity index (χ4v) is 4.04. The van der Waals surface area contributed by atoms with Crippen molar-refractivity contribution < 1.29 is 0 Å². The molecule has 2 fully saturated rings. The van der Waals surface area contributed by atoms with Gasteiger partial charge in [0.2, 0.25) is 0 Å². The zero-order valence-electron chi connectivity index (χ0n) is 13.3. The Morgan fingerprint density at radius 2 is 1.77 bits per heavy atom. The number of hydrogen-bond acceptors (Lipinski definition) is 1. The molecule has 3 rings (SSSR count). The normalized spacial score (nSPS) is 20.4. The van der Waals surface area contributed by atoms with Gasteiger partial charge in [-0.05, 0) is 61.9 Å². The first-order chi connectivity index (χ1) is 10.3. The highest BCUT2D eigenvalue weighted by atomic mass is 35.5. The number of rotatable bonds is 4. The number of likely N-dealkylation sites (tertiary alicyclic amines) is 1. The maximum atomic E-state index is 6.52. The average Bonchev–Trinajstić information content (AvgIpc) is 3.02. The summed E-state index contributed by atoms with van der Waals surface area (Å²) in [6.07, 6.45) is 13.9. The first-order valence-electron chi connectivity index (χ1n) is 8.51. The van der Waals surface area contributed by atoms with Crippen molar-refractivity contribution in [2.45, 2.75) is 50.9 Å².